The summed E-state index contributed by atoms with van der Waals surface area (Å²) >= 11 is 5.17. The van der Waals surface area contributed by atoms with E-state index in [2.05, 4.69) is 43.7 Å². The number of carbonyl (C=O) groups is 1. The summed E-state index contributed by atoms with van der Waals surface area (Å²) in [6.45, 7) is 1.45. The van der Waals surface area contributed by atoms with Crippen LogP contribution in [0.5, 0.6) is 0 Å². The summed E-state index contributed by atoms with van der Waals surface area (Å²) in [6, 6.07) is 12.3. The highest BCUT2D eigenvalue weighted by Crippen LogP contribution is 2.34. The van der Waals surface area contributed by atoms with Crippen molar-refractivity contribution in [3.8, 4) is 0 Å². The molecule has 110 valence electrons. The zero-order valence-corrected chi connectivity index (χ0v) is 14.0. The van der Waals surface area contributed by atoms with Crippen LogP contribution in [-0.4, -0.2) is 23.9 Å². The van der Waals surface area contributed by atoms with Crippen LogP contribution in [-0.2, 0) is 4.79 Å². The molecule has 1 amide bonds. The molecule has 21 heavy (non-hydrogen) atoms. The molecule has 1 saturated heterocycles. The van der Waals surface area contributed by atoms with Gasteiger partial charge in [0, 0.05) is 21.1 Å². The fraction of sp³-hybridized carbons (Fsp3) is 0.312. The van der Waals surface area contributed by atoms with Gasteiger partial charge in [-0.3, -0.25) is 9.69 Å². The van der Waals surface area contributed by atoms with Crippen molar-refractivity contribution >= 4 is 38.9 Å². The first-order valence-electron chi connectivity index (χ1n) is 7.05. The second-order valence-corrected chi connectivity index (χ2v) is 7.09. The van der Waals surface area contributed by atoms with E-state index in [1.807, 2.05) is 24.3 Å². The number of hydrogen-bond donors (Lipinski definition) is 1. The maximum absolute atomic E-state index is 12.2. The second-order valence-electron chi connectivity index (χ2n) is 5.20. The highest BCUT2D eigenvalue weighted by molar-refractivity contribution is 9.10. The van der Waals surface area contributed by atoms with Crippen LogP contribution in [0.25, 0.3) is 0 Å². The zero-order valence-electron chi connectivity index (χ0n) is 11.6. The molecule has 0 unspecified atom stereocenters. The normalized spacial score (nSPS) is 18.8. The molecule has 0 radical (unpaired) electrons. The van der Waals surface area contributed by atoms with Gasteiger partial charge in [0.25, 0.3) is 0 Å². The van der Waals surface area contributed by atoms with Crippen molar-refractivity contribution < 1.29 is 4.79 Å². The summed E-state index contributed by atoms with van der Waals surface area (Å²) in [5.41, 5.74) is 0.843. The van der Waals surface area contributed by atoms with E-state index in [1.54, 1.807) is 11.3 Å². The predicted molar refractivity (Wildman–Crippen MR) is 90.6 cm³/mol. The van der Waals surface area contributed by atoms with Gasteiger partial charge in [0.1, 0.15) is 0 Å². The van der Waals surface area contributed by atoms with Crippen LogP contribution >= 0.6 is 27.3 Å². The van der Waals surface area contributed by atoms with Gasteiger partial charge >= 0.3 is 0 Å². The van der Waals surface area contributed by atoms with Crippen molar-refractivity contribution in [1.82, 2.24) is 4.90 Å². The maximum atomic E-state index is 12.2. The molecule has 1 aliphatic heterocycles. The monoisotopic (exact) mass is 364 g/mol. The first-order valence-corrected chi connectivity index (χ1v) is 8.72. The van der Waals surface area contributed by atoms with Gasteiger partial charge in [-0.1, -0.05) is 22.0 Å². The van der Waals surface area contributed by atoms with E-state index >= 15 is 0 Å². The molecule has 0 aliphatic carbocycles. The Morgan fingerprint density at radius 2 is 2.14 bits per heavy atom. The van der Waals surface area contributed by atoms with Gasteiger partial charge < -0.3 is 5.32 Å². The summed E-state index contributed by atoms with van der Waals surface area (Å²) in [5, 5.41) is 5.07. The third-order valence-corrected chi connectivity index (χ3v) is 5.21. The Balaban J connectivity index is 1.60. The molecular formula is C16H17BrN2OS. The van der Waals surface area contributed by atoms with Crippen molar-refractivity contribution in [2.45, 2.75) is 18.9 Å². The van der Waals surface area contributed by atoms with Crippen LogP contribution < -0.4 is 5.32 Å². The lowest BCUT2D eigenvalue weighted by Gasteiger charge is -2.22. The molecule has 2 heterocycles. The van der Waals surface area contributed by atoms with Crippen LogP contribution in [0.15, 0.2) is 46.3 Å². The fourth-order valence-electron chi connectivity index (χ4n) is 2.74. The van der Waals surface area contributed by atoms with Crippen LogP contribution in [0.3, 0.4) is 0 Å². The molecule has 1 aliphatic rings. The van der Waals surface area contributed by atoms with Crippen LogP contribution in [0, 0.1) is 0 Å². The van der Waals surface area contributed by atoms with Crippen LogP contribution in [0.2, 0.25) is 0 Å². The van der Waals surface area contributed by atoms with E-state index in [4.69, 9.17) is 0 Å². The van der Waals surface area contributed by atoms with E-state index < -0.39 is 0 Å². The van der Waals surface area contributed by atoms with Crippen molar-refractivity contribution in [2.75, 3.05) is 18.4 Å². The molecule has 1 atom stereocenters. The van der Waals surface area contributed by atoms with Crippen molar-refractivity contribution in [1.29, 1.82) is 0 Å². The lowest BCUT2D eigenvalue weighted by atomic mass is 10.2. The van der Waals surface area contributed by atoms with Gasteiger partial charge in [-0.05, 0) is 55.1 Å². The van der Waals surface area contributed by atoms with Gasteiger partial charge in [-0.25, -0.2) is 0 Å². The Kier molecular flexibility index (Phi) is 4.73. The smallest absolute Gasteiger partial charge is 0.238 e. The SMILES string of the molecule is O=C(CN1CCC[C@H]1c1cccs1)Nc1ccc(Br)cc1. The van der Waals surface area contributed by atoms with E-state index in [-0.39, 0.29) is 5.91 Å². The number of amides is 1. The minimum absolute atomic E-state index is 0.0563. The number of hydrogen-bond acceptors (Lipinski definition) is 3. The second kappa shape index (κ2) is 6.73. The maximum Gasteiger partial charge on any atom is 0.238 e. The van der Waals surface area contributed by atoms with Crippen molar-refractivity contribution in [2.24, 2.45) is 0 Å². The lowest BCUT2D eigenvalue weighted by Crippen LogP contribution is -2.32. The molecule has 3 rings (SSSR count). The number of nitrogens with one attached hydrogen (secondary N) is 1. The summed E-state index contributed by atoms with van der Waals surface area (Å²) in [6.07, 6.45) is 2.31. The van der Waals surface area contributed by atoms with Gasteiger partial charge in [0.15, 0.2) is 0 Å². The topological polar surface area (TPSA) is 32.3 Å². The quantitative estimate of drug-likeness (QED) is 0.877. The Labute approximate surface area is 137 Å². The predicted octanol–water partition coefficient (Wildman–Crippen LogP) is 4.29. The van der Waals surface area contributed by atoms with E-state index in [0.717, 1.165) is 29.5 Å². The fourth-order valence-corrected chi connectivity index (χ4v) is 3.90. The third-order valence-electron chi connectivity index (χ3n) is 3.71. The number of likely N-dealkylation sites (tertiary alicyclic amines) is 1. The molecule has 1 N–H and O–H groups in total. The Bertz CT molecular complexity index is 597. The Morgan fingerprint density at radius 3 is 2.86 bits per heavy atom. The molecule has 1 aromatic heterocycles. The van der Waals surface area contributed by atoms with Gasteiger partial charge in [-0.2, -0.15) is 0 Å². The molecule has 0 spiro atoms. The number of nitrogens with zero attached hydrogens (tertiary/aromatic N) is 1. The Hall–Kier alpha value is -1.17. The largest absolute Gasteiger partial charge is 0.325 e. The third kappa shape index (κ3) is 3.73. The molecular weight excluding hydrogens is 348 g/mol. The highest BCUT2D eigenvalue weighted by Gasteiger charge is 2.28. The zero-order chi connectivity index (χ0) is 14.7. The van der Waals surface area contributed by atoms with Gasteiger partial charge in [0.2, 0.25) is 5.91 Å². The number of anilines is 1. The summed E-state index contributed by atoms with van der Waals surface area (Å²) in [7, 11) is 0. The average Bonchev–Trinajstić information content (AvgIpc) is 3.11. The van der Waals surface area contributed by atoms with Crippen molar-refractivity contribution in [3.63, 3.8) is 0 Å². The molecule has 2 aromatic rings. The minimum Gasteiger partial charge on any atom is -0.325 e. The molecule has 1 aromatic carbocycles. The van der Waals surface area contributed by atoms with Crippen LogP contribution in [0.4, 0.5) is 5.69 Å². The van der Waals surface area contributed by atoms with E-state index in [9.17, 15) is 4.79 Å². The van der Waals surface area contributed by atoms with Crippen molar-refractivity contribution in [3.05, 3.63) is 51.1 Å². The first-order chi connectivity index (χ1) is 10.2. The number of carbonyl (C=O) groups excluding carboxylic acids is 1. The highest BCUT2D eigenvalue weighted by atomic mass is 79.9. The molecule has 5 heteroatoms. The summed E-state index contributed by atoms with van der Waals surface area (Å²) in [5.74, 6) is 0.0563. The molecule has 1 fully saturated rings. The number of halogens is 1. The molecule has 0 bridgehead atoms. The molecule has 0 saturated carbocycles. The minimum atomic E-state index is 0.0563. The van der Waals surface area contributed by atoms with E-state index in [0.29, 0.717) is 12.6 Å². The van der Waals surface area contributed by atoms with Gasteiger partial charge in [0.05, 0.1) is 6.54 Å². The average molecular weight is 365 g/mol. The van der Waals surface area contributed by atoms with E-state index in [1.165, 1.54) is 4.88 Å². The number of benzene rings is 1. The summed E-state index contributed by atoms with van der Waals surface area (Å²) in [4.78, 5) is 15.8. The standard InChI is InChI=1S/C16H17BrN2OS/c17-12-5-7-13(8-6-12)18-16(20)11-19-9-1-3-14(19)15-4-2-10-21-15/h2,4-8,10,14H,1,3,9,11H2,(H,18,20)/t14-/m0/s1. The van der Waals surface area contributed by atoms with Gasteiger partial charge in [-0.15, -0.1) is 11.3 Å². The Morgan fingerprint density at radius 1 is 1.33 bits per heavy atom. The number of rotatable bonds is 4. The first kappa shape index (κ1) is 14.8. The van der Waals surface area contributed by atoms with Crippen LogP contribution in [0.1, 0.15) is 23.8 Å². The number of thiophene rings is 1. The summed E-state index contributed by atoms with van der Waals surface area (Å²) < 4.78 is 1.01. The lowest BCUT2D eigenvalue weighted by molar-refractivity contribution is -0.117. The molecule has 3 nitrogen and oxygen atoms in total.